The molecule has 1 atom stereocenters. The van der Waals surface area contributed by atoms with Gasteiger partial charge in [-0.15, -0.1) is 0 Å². The molecule has 0 aliphatic rings. The number of aliphatic carboxylic acids is 1. The summed E-state index contributed by atoms with van der Waals surface area (Å²) in [4.78, 5) is 21.5. The van der Waals surface area contributed by atoms with Crippen molar-refractivity contribution >= 4 is 11.9 Å². The zero-order valence-electron chi connectivity index (χ0n) is 10.8. The van der Waals surface area contributed by atoms with Gasteiger partial charge in [0.15, 0.2) is 0 Å². The molecule has 0 aliphatic heterocycles. The van der Waals surface area contributed by atoms with E-state index in [-0.39, 0.29) is 12.3 Å². The second kappa shape index (κ2) is 10.1. The van der Waals surface area contributed by atoms with E-state index in [0.717, 1.165) is 13.0 Å². The Balaban J connectivity index is 3.32. The Hall–Kier alpha value is -1.10. The van der Waals surface area contributed by atoms with Gasteiger partial charge in [-0.2, -0.15) is 0 Å². The van der Waals surface area contributed by atoms with Crippen molar-refractivity contribution in [2.75, 3.05) is 19.6 Å². The van der Waals surface area contributed by atoms with Crippen LogP contribution in [0.2, 0.25) is 0 Å². The minimum absolute atomic E-state index is 0.0684. The van der Waals surface area contributed by atoms with Crippen molar-refractivity contribution in [1.82, 2.24) is 10.6 Å². The fourth-order valence-corrected chi connectivity index (χ4v) is 1.48. The van der Waals surface area contributed by atoms with E-state index in [1.54, 1.807) is 0 Å². The first-order chi connectivity index (χ1) is 8.06. The molecule has 1 amide bonds. The predicted molar refractivity (Wildman–Crippen MR) is 66.8 cm³/mol. The first-order valence-corrected chi connectivity index (χ1v) is 6.25. The number of hydrogen-bond donors (Lipinski definition) is 3. The third-order valence-electron chi connectivity index (χ3n) is 2.57. The molecule has 3 N–H and O–H groups in total. The summed E-state index contributed by atoms with van der Waals surface area (Å²) in [6.45, 7) is 6.13. The van der Waals surface area contributed by atoms with Crippen molar-refractivity contribution in [3.8, 4) is 0 Å². The van der Waals surface area contributed by atoms with Gasteiger partial charge in [-0.25, -0.2) is 0 Å². The van der Waals surface area contributed by atoms with Crippen LogP contribution in [0.5, 0.6) is 0 Å². The first kappa shape index (κ1) is 15.9. The zero-order chi connectivity index (χ0) is 13.1. The van der Waals surface area contributed by atoms with Gasteiger partial charge >= 0.3 is 5.97 Å². The summed E-state index contributed by atoms with van der Waals surface area (Å²) in [7, 11) is 0. The van der Waals surface area contributed by atoms with Gasteiger partial charge in [0.25, 0.3) is 0 Å². The topological polar surface area (TPSA) is 78.4 Å². The monoisotopic (exact) mass is 244 g/mol. The van der Waals surface area contributed by atoms with Crippen LogP contribution in [0, 0.1) is 5.92 Å². The normalized spacial score (nSPS) is 12.1. The molecule has 0 aromatic rings. The standard InChI is InChI=1S/C12H24N2O3/c1-3-14-11(15)7-9-13-8-6-10(2)4-5-12(16)17/h10,13H,3-9H2,1-2H3,(H,14,15)(H,16,17). The predicted octanol–water partition coefficient (Wildman–Crippen LogP) is 0.993. The van der Waals surface area contributed by atoms with Crippen LogP contribution >= 0.6 is 0 Å². The lowest BCUT2D eigenvalue weighted by Crippen LogP contribution is -2.28. The van der Waals surface area contributed by atoms with E-state index in [0.29, 0.717) is 31.8 Å². The van der Waals surface area contributed by atoms with Crippen LogP contribution < -0.4 is 10.6 Å². The largest absolute Gasteiger partial charge is 0.481 e. The van der Waals surface area contributed by atoms with Crippen molar-refractivity contribution in [1.29, 1.82) is 0 Å². The molecule has 0 radical (unpaired) electrons. The molecule has 1 unspecified atom stereocenters. The summed E-state index contributed by atoms with van der Waals surface area (Å²) in [6, 6.07) is 0. The smallest absolute Gasteiger partial charge is 0.303 e. The van der Waals surface area contributed by atoms with E-state index in [4.69, 9.17) is 5.11 Å². The van der Waals surface area contributed by atoms with E-state index in [2.05, 4.69) is 17.6 Å². The number of amides is 1. The van der Waals surface area contributed by atoms with E-state index < -0.39 is 5.97 Å². The molecule has 100 valence electrons. The average Bonchev–Trinajstić information content (AvgIpc) is 2.26. The van der Waals surface area contributed by atoms with E-state index in [9.17, 15) is 9.59 Å². The van der Waals surface area contributed by atoms with Crippen molar-refractivity contribution in [3.05, 3.63) is 0 Å². The Kier molecular flexibility index (Phi) is 9.43. The van der Waals surface area contributed by atoms with Gasteiger partial charge in [0.1, 0.15) is 0 Å². The highest BCUT2D eigenvalue weighted by Gasteiger charge is 2.05. The van der Waals surface area contributed by atoms with Gasteiger partial charge < -0.3 is 15.7 Å². The lowest BCUT2D eigenvalue weighted by atomic mass is 10.0. The molecule has 0 saturated heterocycles. The van der Waals surface area contributed by atoms with Gasteiger partial charge in [-0.3, -0.25) is 9.59 Å². The molecule has 0 spiro atoms. The molecule has 0 fully saturated rings. The Morgan fingerprint density at radius 3 is 2.47 bits per heavy atom. The van der Waals surface area contributed by atoms with Crippen LogP contribution in [0.1, 0.15) is 39.5 Å². The Morgan fingerprint density at radius 2 is 1.88 bits per heavy atom. The molecular formula is C12H24N2O3. The maximum Gasteiger partial charge on any atom is 0.303 e. The lowest BCUT2D eigenvalue weighted by molar-refractivity contribution is -0.137. The number of carbonyl (C=O) groups is 2. The molecule has 5 heteroatoms. The van der Waals surface area contributed by atoms with Crippen LogP contribution in [0.15, 0.2) is 0 Å². The Labute approximate surface area is 103 Å². The third-order valence-corrected chi connectivity index (χ3v) is 2.57. The fourth-order valence-electron chi connectivity index (χ4n) is 1.48. The number of rotatable bonds is 10. The molecule has 0 rings (SSSR count). The van der Waals surface area contributed by atoms with Crippen LogP contribution in [0.25, 0.3) is 0 Å². The minimum Gasteiger partial charge on any atom is -0.481 e. The van der Waals surface area contributed by atoms with Crippen molar-refractivity contribution in [2.24, 2.45) is 5.92 Å². The van der Waals surface area contributed by atoms with Crippen LogP contribution in [0.3, 0.4) is 0 Å². The summed E-state index contributed by atoms with van der Waals surface area (Å²) in [5, 5.41) is 14.4. The molecule has 0 aliphatic carbocycles. The summed E-state index contributed by atoms with van der Waals surface area (Å²) in [5.41, 5.74) is 0. The van der Waals surface area contributed by atoms with Crippen molar-refractivity contribution < 1.29 is 14.7 Å². The van der Waals surface area contributed by atoms with Gasteiger partial charge in [0.2, 0.25) is 5.91 Å². The quantitative estimate of drug-likeness (QED) is 0.501. The molecule has 0 aromatic carbocycles. The highest BCUT2D eigenvalue weighted by atomic mass is 16.4. The molecule has 0 heterocycles. The first-order valence-electron chi connectivity index (χ1n) is 6.25. The zero-order valence-corrected chi connectivity index (χ0v) is 10.8. The van der Waals surface area contributed by atoms with E-state index in [1.807, 2.05) is 6.92 Å². The molecule has 0 saturated carbocycles. The lowest BCUT2D eigenvalue weighted by Gasteiger charge is -2.10. The summed E-state index contributed by atoms with van der Waals surface area (Å²) in [6.07, 6.45) is 2.40. The van der Waals surface area contributed by atoms with Crippen molar-refractivity contribution in [2.45, 2.75) is 39.5 Å². The second-order valence-corrected chi connectivity index (χ2v) is 4.28. The molecule has 5 nitrogen and oxygen atoms in total. The number of carbonyl (C=O) groups excluding carboxylic acids is 1. The molecular weight excluding hydrogens is 220 g/mol. The molecule has 0 bridgehead atoms. The molecule has 0 aromatic heterocycles. The van der Waals surface area contributed by atoms with Gasteiger partial charge in [0.05, 0.1) is 0 Å². The van der Waals surface area contributed by atoms with E-state index in [1.165, 1.54) is 0 Å². The van der Waals surface area contributed by atoms with E-state index >= 15 is 0 Å². The summed E-state index contributed by atoms with van der Waals surface area (Å²) < 4.78 is 0. The second-order valence-electron chi connectivity index (χ2n) is 4.28. The number of carboxylic acid groups (broad SMARTS) is 1. The number of hydrogen-bond acceptors (Lipinski definition) is 3. The highest BCUT2D eigenvalue weighted by molar-refractivity contribution is 5.75. The molecule has 17 heavy (non-hydrogen) atoms. The Bertz CT molecular complexity index is 232. The number of carboxylic acids is 1. The SMILES string of the molecule is CCNC(=O)CCNCCC(C)CCC(=O)O. The van der Waals surface area contributed by atoms with Gasteiger partial charge in [0, 0.05) is 25.9 Å². The highest BCUT2D eigenvalue weighted by Crippen LogP contribution is 2.08. The van der Waals surface area contributed by atoms with Gasteiger partial charge in [-0.1, -0.05) is 6.92 Å². The Morgan fingerprint density at radius 1 is 1.18 bits per heavy atom. The maximum absolute atomic E-state index is 11.1. The summed E-state index contributed by atoms with van der Waals surface area (Å²) >= 11 is 0. The third kappa shape index (κ3) is 11.2. The average molecular weight is 244 g/mol. The van der Waals surface area contributed by atoms with Gasteiger partial charge in [-0.05, 0) is 32.2 Å². The minimum atomic E-state index is -0.735. The maximum atomic E-state index is 11.1. The van der Waals surface area contributed by atoms with Crippen LogP contribution in [-0.2, 0) is 9.59 Å². The van der Waals surface area contributed by atoms with Crippen molar-refractivity contribution in [3.63, 3.8) is 0 Å². The summed E-state index contributed by atoms with van der Waals surface area (Å²) in [5.74, 6) is -0.261. The van der Waals surface area contributed by atoms with Crippen LogP contribution in [-0.4, -0.2) is 36.6 Å². The fraction of sp³-hybridized carbons (Fsp3) is 0.833. The van der Waals surface area contributed by atoms with Crippen LogP contribution in [0.4, 0.5) is 0 Å². The number of nitrogens with one attached hydrogen (secondary N) is 2.